The van der Waals surface area contributed by atoms with Gasteiger partial charge in [0.1, 0.15) is 5.75 Å². The highest BCUT2D eigenvalue weighted by Gasteiger charge is 2.20. The van der Waals surface area contributed by atoms with E-state index in [1.54, 1.807) is 7.05 Å². The highest BCUT2D eigenvalue weighted by molar-refractivity contribution is 14.0. The van der Waals surface area contributed by atoms with Crippen molar-refractivity contribution in [3.63, 3.8) is 0 Å². The number of guanidine groups is 1. The van der Waals surface area contributed by atoms with Gasteiger partial charge in [-0.3, -0.25) is 9.79 Å². The number of halogens is 1. The average Bonchev–Trinajstić information content (AvgIpc) is 2.70. The first-order valence-electron chi connectivity index (χ1n) is 9.69. The fourth-order valence-corrected chi connectivity index (χ4v) is 3.08. The average molecular weight is 488 g/mol. The number of nitrogens with one attached hydrogen (secondary N) is 3. The Morgan fingerprint density at radius 2 is 1.70 bits per heavy atom. The van der Waals surface area contributed by atoms with E-state index >= 15 is 0 Å². The standard InChI is InChI=1S/C20H32N4O2.HI/c1-21-20(23-13-8-16-26-18-11-6-3-7-12-18)24-15-14-22-19(25)17-9-4-2-5-10-17;/h3,6-7,11-12,17H,2,4-5,8-10,13-16H2,1H3,(H,22,25)(H2,21,23,24);1H. The summed E-state index contributed by atoms with van der Waals surface area (Å²) in [6, 6.07) is 9.81. The molecule has 1 aromatic rings. The summed E-state index contributed by atoms with van der Waals surface area (Å²) in [7, 11) is 1.75. The largest absolute Gasteiger partial charge is 0.494 e. The van der Waals surface area contributed by atoms with Crippen LogP contribution in [0, 0.1) is 5.92 Å². The molecular weight excluding hydrogens is 455 g/mol. The van der Waals surface area contributed by atoms with Gasteiger partial charge in [0, 0.05) is 32.6 Å². The van der Waals surface area contributed by atoms with Crippen molar-refractivity contribution in [2.75, 3.05) is 33.3 Å². The van der Waals surface area contributed by atoms with Gasteiger partial charge in [-0.05, 0) is 31.4 Å². The number of ether oxygens (including phenoxy) is 1. The van der Waals surface area contributed by atoms with Gasteiger partial charge in [0.2, 0.25) is 5.91 Å². The van der Waals surface area contributed by atoms with Crippen molar-refractivity contribution >= 4 is 35.8 Å². The number of para-hydroxylation sites is 1. The molecule has 0 aliphatic heterocycles. The van der Waals surface area contributed by atoms with E-state index in [-0.39, 0.29) is 35.8 Å². The molecule has 0 atom stereocenters. The summed E-state index contributed by atoms with van der Waals surface area (Å²) in [5.41, 5.74) is 0. The van der Waals surface area contributed by atoms with Crippen LogP contribution < -0.4 is 20.7 Å². The lowest BCUT2D eigenvalue weighted by Gasteiger charge is -2.21. The van der Waals surface area contributed by atoms with Crippen molar-refractivity contribution in [2.24, 2.45) is 10.9 Å². The molecule has 27 heavy (non-hydrogen) atoms. The number of nitrogens with zero attached hydrogens (tertiary/aromatic N) is 1. The predicted molar refractivity (Wildman–Crippen MR) is 121 cm³/mol. The first-order chi connectivity index (χ1) is 12.8. The second-order valence-corrected chi connectivity index (χ2v) is 6.57. The van der Waals surface area contributed by atoms with Crippen LogP contribution in [0.1, 0.15) is 38.5 Å². The molecule has 152 valence electrons. The van der Waals surface area contributed by atoms with Crippen LogP contribution in [0.3, 0.4) is 0 Å². The zero-order chi connectivity index (χ0) is 18.5. The van der Waals surface area contributed by atoms with Gasteiger partial charge in [-0.2, -0.15) is 0 Å². The molecule has 2 rings (SSSR count). The smallest absolute Gasteiger partial charge is 0.223 e. The Kier molecular flexibility index (Phi) is 12.7. The van der Waals surface area contributed by atoms with Crippen LogP contribution in [-0.4, -0.2) is 45.2 Å². The first-order valence-corrected chi connectivity index (χ1v) is 9.69. The van der Waals surface area contributed by atoms with Crippen LogP contribution >= 0.6 is 24.0 Å². The van der Waals surface area contributed by atoms with Gasteiger partial charge in [-0.25, -0.2) is 0 Å². The van der Waals surface area contributed by atoms with Crippen molar-refractivity contribution < 1.29 is 9.53 Å². The Morgan fingerprint density at radius 3 is 2.41 bits per heavy atom. The SMILES string of the molecule is CN=C(NCCCOc1ccccc1)NCCNC(=O)C1CCCCC1.I. The molecule has 1 aliphatic carbocycles. The molecule has 1 aromatic carbocycles. The van der Waals surface area contributed by atoms with Gasteiger partial charge in [-0.1, -0.05) is 37.5 Å². The van der Waals surface area contributed by atoms with E-state index in [0.29, 0.717) is 19.7 Å². The van der Waals surface area contributed by atoms with Crippen molar-refractivity contribution in [1.82, 2.24) is 16.0 Å². The van der Waals surface area contributed by atoms with E-state index in [9.17, 15) is 4.79 Å². The fourth-order valence-electron chi connectivity index (χ4n) is 3.08. The molecule has 0 bridgehead atoms. The van der Waals surface area contributed by atoms with E-state index in [1.807, 2.05) is 30.3 Å². The Morgan fingerprint density at radius 1 is 1.04 bits per heavy atom. The molecule has 0 aromatic heterocycles. The maximum Gasteiger partial charge on any atom is 0.223 e. The number of hydrogen-bond donors (Lipinski definition) is 3. The van der Waals surface area contributed by atoms with Crippen LogP contribution in [0.5, 0.6) is 5.75 Å². The van der Waals surface area contributed by atoms with Crippen molar-refractivity contribution in [3.8, 4) is 5.75 Å². The molecule has 0 radical (unpaired) electrons. The Labute approximate surface area is 179 Å². The minimum Gasteiger partial charge on any atom is -0.494 e. The quantitative estimate of drug-likeness (QED) is 0.216. The first kappa shape index (κ1) is 23.5. The number of carbonyl (C=O) groups excluding carboxylic acids is 1. The second-order valence-electron chi connectivity index (χ2n) is 6.57. The summed E-state index contributed by atoms with van der Waals surface area (Å²) >= 11 is 0. The van der Waals surface area contributed by atoms with E-state index in [0.717, 1.165) is 37.5 Å². The topological polar surface area (TPSA) is 74.8 Å². The van der Waals surface area contributed by atoms with E-state index < -0.39 is 0 Å². The Hall–Kier alpha value is -1.51. The summed E-state index contributed by atoms with van der Waals surface area (Å²) in [5, 5.41) is 9.50. The lowest BCUT2D eigenvalue weighted by atomic mass is 9.89. The van der Waals surface area contributed by atoms with E-state index in [2.05, 4.69) is 20.9 Å². The molecule has 0 saturated heterocycles. The molecule has 7 heteroatoms. The lowest BCUT2D eigenvalue weighted by Crippen LogP contribution is -2.43. The summed E-state index contributed by atoms with van der Waals surface area (Å²) in [4.78, 5) is 16.3. The minimum atomic E-state index is 0. The Bertz CT molecular complexity index is 548. The second kappa shape index (κ2) is 14.5. The number of amides is 1. The number of carbonyl (C=O) groups is 1. The summed E-state index contributed by atoms with van der Waals surface area (Å²) in [5.74, 6) is 2.05. The molecule has 0 heterocycles. The molecule has 1 aliphatic rings. The molecule has 3 N–H and O–H groups in total. The van der Waals surface area contributed by atoms with E-state index in [4.69, 9.17) is 4.74 Å². The fraction of sp³-hybridized carbons (Fsp3) is 0.600. The van der Waals surface area contributed by atoms with Gasteiger partial charge in [-0.15, -0.1) is 24.0 Å². The van der Waals surface area contributed by atoms with Crippen LogP contribution in [0.25, 0.3) is 0 Å². The third kappa shape index (κ3) is 9.83. The maximum atomic E-state index is 12.1. The maximum absolute atomic E-state index is 12.1. The third-order valence-corrected chi connectivity index (χ3v) is 4.54. The number of rotatable bonds is 9. The highest BCUT2D eigenvalue weighted by Crippen LogP contribution is 2.23. The summed E-state index contributed by atoms with van der Waals surface area (Å²) in [6.07, 6.45) is 6.58. The van der Waals surface area contributed by atoms with Gasteiger partial charge < -0.3 is 20.7 Å². The van der Waals surface area contributed by atoms with E-state index in [1.165, 1.54) is 19.3 Å². The van der Waals surface area contributed by atoms with Gasteiger partial charge in [0.05, 0.1) is 6.61 Å². The van der Waals surface area contributed by atoms with Crippen molar-refractivity contribution in [1.29, 1.82) is 0 Å². The zero-order valence-corrected chi connectivity index (χ0v) is 18.5. The van der Waals surface area contributed by atoms with Gasteiger partial charge >= 0.3 is 0 Å². The molecule has 0 unspecified atom stereocenters. The van der Waals surface area contributed by atoms with Gasteiger partial charge in [0.25, 0.3) is 0 Å². The normalized spacial score (nSPS) is 14.8. The predicted octanol–water partition coefficient (Wildman–Crippen LogP) is 2.94. The highest BCUT2D eigenvalue weighted by atomic mass is 127. The lowest BCUT2D eigenvalue weighted by molar-refractivity contribution is -0.125. The van der Waals surface area contributed by atoms with Crippen LogP contribution in [0.15, 0.2) is 35.3 Å². The molecule has 1 fully saturated rings. The summed E-state index contributed by atoms with van der Waals surface area (Å²) in [6.45, 7) is 2.72. The van der Waals surface area contributed by atoms with Crippen LogP contribution in [-0.2, 0) is 4.79 Å². The van der Waals surface area contributed by atoms with Crippen LogP contribution in [0.2, 0.25) is 0 Å². The number of aliphatic imine (C=N–C) groups is 1. The monoisotopic (exact) mass is 488 g/mol. The molecule has 1 amide bonds. The molecule has 6 nitrogen and oxygen atoms in total. The number of benzene rings is 1. The molecule has 0 spiro atoms. The zero-order valence-electron chi connectivity index (χ0n) is 16.2. The van der Waals surface area contributed by atoms with Crippen molar-refractivity contribution in [3.05, 3.63) is 30.3 Å². The minimum absolute atomic E-state index is 0. The van der Waals surface area contributed by atoms with Crippen molar-refractivity contribution in [2.45, 2.75) is 38.5 Å². The molecular formula is C20H33IN4O2. The third-order valence-electron chi connectivity index (χ3n) is 4.54. The molecule has 1 saturated carbocycles. The summed E-state index contributed by atoms with van der Waals surface area (Å²) < 4.78 is 5.66. The Balaban J connectivity index is 0.00000364. The van der Waals surface area contributed by atoms with Crippen LogP contribution in [0.4, 0.5) is 0 Å². The van der Waals surface area contributed by atoms with Gasteiger partial charge in [0.15, 0.2) is 5.96 Å². The number of hydrogen-bond acceptors (Lipinski definition) is 3.